The fourth-order valence-electron chi connectivity index (χ4n) is 2.97. The maximum Gasteiger partial charge on any atom is 0.404 e. The van der Waals surface area contributed by atoms with Crippen LogP contribution < -0.4 is 15.0 Å². The van der Waals surface area contributed by atoms with Crippen molar-refractivity contribution in [2.45, 2.75) is 19.4 Å². The van der Waals surface area contributed by atoms with Crippen molar-refractivity contribution in [3.05, 3.63) is 41.9 Å². The summed E-state index contributed by atoms with van der Waals surface area (Å²) in [4.78, 5) is 32.5. The number of amides is 2. The molecule has 10 nitrogen and oxygen atoms in total. The number of ether oxygens (including phenoxy) is 1. The molecule has 2 amide bonds. The van der Waals surface area contributed by atoms with E-state index in [9.17, 15) is 18.0 Å². The van der Waals surface area contributed by atoms with Gasteiger partial charge in [-0.05, 0) is 18.6 Å². The predicted octanol–water partition coefficient (Wildman–Crippen LogP) is 1.36. The zero-order chi connectivity index (χ0) is 21.0. The van der Waals surface area contributed by atoms with Gasteiger partial charge in [0.05, 0.1) is 23.7 Å². The van der Waals surface area contributed by atoms with Crippen LogP contribution in [0.2, 0.25) is 0 Å². The third-order valence-electron chi connectivity index (χ3n) is 4.31. The van der Waals surface area contributed by atoms with Crippen molar-refractivity contribution < 1.29 is 27.9 Å². The van der Waals surface area contributed by atoms with Crippen LogP contribution >= 0.6 is 0 Å². The largest absolute Gasteiger partial charge is 0.465 e. The molecular weight excluding hydrogens is 400 g/mol. The molecule has 29 heavy (non-hydrogen) atoms. The fraction of sp³-hybridized carbons (Fsp3) is 0.333. The SMILES string of the molecule is CS(=O)(=O)CCN1C(=O)CCc2c(Oc3cc(CNC(=O)O)ncn3)cccc21. The first-order valence-corrected chi connectivity index (χ1v) is 10.8. The Morgan fingerprint density at radius 3 is 2.83 bits per heavy atom. The molecule has 2 heterocycles. The molecule has 0 radical (unpaired) electrons. The van der Waals surface area contributed by atoms with E-state index < -0.39 is 15.9 Å². The van der Waals surface area contributed by atoms with E-state index in [1.54, 1.807) is 18.2 Å². The molecule has 1 aromatic heterocycles. The number of carbonyl (C=O) groups is 2. The van der Waals surface area contributed by atoms with Gasteiger partial charge < -0.3 is 20.1 Å². The Kier molecular flexibility index (Phi) is 5.97. The Morgan fingerprint density at radius 1 is 1.31 bits per heavy atom. The third kappa shape index (κ3) is 5.41. The number of anilines is 1. The van der Waals surface area contributed by atoms with Gasteiger partial charge in [-0.3, -0.25) is 4.79 Å². The number of carboxylic acid groups (broad SMARTS) is 1. The van der Waals surface area contributed by atoms with Crippen LogP contribution in [0.15, 0.2) is 30.6 Å². The van der Waals surface area contributed by atoms with Crippen LogP contribution in [0.4, 0.5) is 10.5 Å². The number of rotatable bonds is 7. The summed E-state index contributed by atoms with van der Waals surface area (Å²) in [5, 5.41) is 10.9. The zero-order valence-electron chi connectivity index (χ0n) is 15.7. The highest BCUT2D eigenvalue weighted by Gasteiger charge is 2.27. The number of nitrogens with one attached hydrogen (secondary N) is 1. The highest BCUT2D eigenvalue weighted by Crippen LogP contribution is 2.36. The van der Waals surface area contributed by atoms with Crippen LogP contribution in [0.25, 0.3) is 0 Å². The lowest BCUT2D eigenvalue weighted by Crippen LogP contribution is -2.38. The molecule has 11 heteroatoms. The first-order chi connectivity index (χ1) is 13.7. The number of hydrogen-bond donors (Lipinski definition) is 2. The number of hydrogen-bond acceptors (Lipinski definition) is 7. The average molecular weight is 420 g/mol. The van der Waals surface area contributed by atoms with E-state index in [2.05, 4.69) is 15.3 Å². The van der Waals surface area contributed by atoms with E-state index in [0.29, 0.717) is 23.6 Å². The lowest BCUT2D eigenvalue weighted by Gasteiger charge is -2.30. The topological polar surface area (TPSA) is 139 Å². The first-order valence-electron chi connectivity index (χ1n) is 8.78. The Hall–Kier alpha value is -3.21. The van der Waals surface area contributed by atoms with Gasteiger partial charge in [0.2, 0.25) is 11.8 Å². The maximum absolute atomic E-state index is 12.3. The normalized spacial score (nSPS) is 13.7. The van der Waals surface area contributed by atoms with Crippen molar-refractivity contribution >= 4 is 27.5 Å². The van der Waals surface area contributed by atoms with Crippen LogP contribution in [0, 0.1) is 0 Å². The van der Waals surface area contributed by atoms with Crippen molar-refractivity contribution in [2.24, 2.45) is 0 Å². The minimum Gasteiger partial charge on any atom is -0.465 e. The summed E-state index contributed by atoms with van der Waals surface area (Å²) in [5.41, 5.74) is 1.83. The van der Waals surface area contributed by atoms with Crippen LogP contribution in [0.1, 0.15) is 17.7 Å². The standard InChI is InChI=1S/C18H20N4O6S/c1-29(26,27)8-7-22-14-3-2-4-15(13(14)5-6-17(22)23)28-16-9-12(20-11-21-16)10-19-18(24)25/h2-4,9,11,19H,5-8,10H2,1H3,(H,24,25). The molecule has 1 aromatic carbocycles. The van der Waals surface area contributed by atoms with E-state index in [1.807, 2.05) is 0 Å². The van der Waals surface area contributed by atoms with Crippen molar-refractivity contribution in [3.63, 3.8) is 0 Å². The lowest BCUT2D eigenvalue weighted by atomic mass is 10.00. The lowest BCUT2D eigenvalue weighted by molar-refractivity contribution is -0.118. The Labute approximate surface area is 167 Å². The number of benzene rings is 1. The highest BCUT2D eigenvalue weighted by molar-refractivity contribution is 7.90. The molecule has 0 unspecified atom stereocenters. The van der Waals surface area contributed by atoms with Crippen molar-refractivity contribution in [1.29, 1.82) is 0 Å². The molecule has 0 aliphatic carbocycles. The molecule has 0 atom stereocenters. The Morgan fingerprint density at radius 2 is 2.10 bits per heavy atom. The molecule has 0 fully saturated rings. The van der Waals surface area contributed by atoms with Gasteiger partial charge in [0.15, 0.2) is 0 Å². The molecule has 0 saturated carbocycles. The van der Waals surface area contributed by atoms with E-state index >= 15 is 0 Å². The summed E-state index contributed by atoms with van der Waals surface area (Å²) in [6.07, 6.45) is 1.94. The smallest absolute Gasteiger partial charge is 0.404 e. The monoisotopic (exact) mass is 420 g/mol. The van der Waals surface area contributed by atoms with E-state index in [4.69, 9.17) is 9.84 Å². The second kappa shape index (κ2) is 8.43. The van der Waals surface area contributed by atoms with Gasteiger partial charge in [-0.25, -0.2) is 23.2 Å². The molecule has 0 spiro atoms. The van der Waals surface area contributed by atoms with Gasteiger partial charge in [-0.2, -0.15) is 0 Å². The quantitative estimate of drug-likeness (QED) is 0.684. The number of carbonyl (C=O) groups excluding carboxylic acids is 1. The molecule has 154 valence electrons. The summed E-state index contributed by atoms with van der Waals surface area (Å²) >= 11 is 0. The van der Waals surface area contributed by atoms with Crippen LogP contribution in [-0.4, -0.2) is 54.0 Å². The number of fused-ring (bicyclic) bond motifs is 1. The zero-order valence-corrected chi connectivity index (χ0v) is 16.5. The van der Waals surface area contributed by atoms with E-state index in [-0.39, 0.29) is 37.1 Å². The predicted molar refractivity (Wildman–Crippen MR) is 104 cm³/mol. The fourth-order valence-corrected chi connectivity index (χ4v) is 3.48. The second-order valence-corrected chi connectivity index (χ2v) is 8.80. The number of aromatic nitrogens is 2. The molecule has 2 N–H and O–H groups in total. The molecular formula is C18H20N4O6S. The van der Waals surface area contributed by atoms with E-state index in [0.717, 1.165) is 11.8 Å². The maximum atomic E-state index is 12.3. The summed E-state index contributed by atoms with van der Waals surface area (Å²) in [7, 11) is -3.21. The van der Waals surface area contributed by atoms with Gasteiger partial charge in [0.25, 0.3) is 0 Å². The molecule has 2 aromatic rings. The van der Waals surface area contributed by atoms with E-state index in [1.165, 1.54) is 17.3 Å². The Balaban J connectivity index is 1.84. The number of nitrogens with zero attached hydrogens (tertiary/aromatic N) is 3. The number of sulfone groups is 1. The van der Waals surface area contributed by atoms with Crippen LogP contribution in [-0.2, 0) is 27.6 Å². The minimum atomic E-state index is -3.21. The van der Waals surface area contributed by atoms with Crippen molar-refractivity contribution in [2.75, 3.05) is 23.5 Å². The van der Waals surface area contributed by atoms with Gasteiger partial charge >= 0.3 is 6.09 Å². The summed E-state index contributed by atoms with van der Waals surface area (Å²) in [5.74, 6) is 0.461. The van der Waals surface area contributed by atoms with Gasteiger partial charge in [-0.1, -0.05) is 6.07 Å². The van der Waals surface area contributed by atoms with Gasteiger partial charge in [0.1, 0.15) is 21.9 Å². The molecule has 3 rings (SSSR count). The summed E-state index contributed by atoms with van der Waals surface area (Å²) < 4.78 is 28.9. The molecule has 0 saturated heterocycles. The molecule has 0 bridgehead atoms. The van der Waals surface area contributed by atoms with Gasteiger partial charge in [-0.15, -0.1) is 0 Å². The minimum absolute atomic E-state index is 0.00881. The molecule has 1 aliphatic rings. The van der Waals surface area contributed by atoms with Crippen LogP contribution in [0.3, 0.4) is 0 Å². The van der Waals surface area contributed by atoms with Gasteiger partial charge in [0, 0.05) is 30.9 Å². The summed E-state index contributed by atoms with van der Waals surface area (Å²) in [6.45, 7) is 0.0848. The summed E-state index contributed by atoms with van der Waals surface area (Å²) in [6, 6.07) is 6.73. The average Bonchev–Trinajstić information content (AvgIpc) is 2.65. The second-order valence-electron chi connectivity index (χ2n) is 6.54. The molecule has 1 aliphatic heterocycles. The van der Waals surface area contributed by atoms with Crippen molar-refractivity contribution in [1.82, 2.24) is 15.3 Å². The third-order valence-corrected chi connectivity index (χ3v) is 5.23. The Bertz CT molecular complexity index is 1040. The van der Waals surface area contributed by atoms with Crippen LogP contribution in [0.5, 0.6) is 11.6 Å². The highest BCUT2D eigenvalue weighted by atomic mass is 32.2. The van der Waals surface area contributed by atoms with Crippen molar-refractivity contribution in [3.8, 4) is 11.6 Å². The first kappa shape index (κ1) is 20.5.